The Bertz CT molecular complexity index is 787. The van der Waals surface area contributed by atoms with Crippen LogP contribution in [0.25, 0.3) is 11.6 Å². The zero-order chi connectivity index (χ0) is 17.6. The Morgan fingerprint density at radius 1 is 1.32 bits per heavy atom. The average molecular weight is 344 g/mol. The Hall–Kier alpha value is -2.64. The maximum atomic E-state index is 13.1. The van der Waals surface area contributed by atoms with Crippen molar-refractivity contribution in [3.63, 3.8) is 0 Å². The van der Waals surface area contributed by atoms with E-state index < -0.39 is 11.6 Å². The van der Waals surface area contributed by atoms with Gasteiger partial charge in [0.15, 0.2) is 5.76 Å². The van der Waals surface area contributed by atoms with E-state index in [0.717, 1.165) is 19.3 Å². The van der Waals surface area contributed by atoms with E-state index in [-0.39, 0.29) is 30.2 Å². The van der Waals surface area contributed by atoms with Crippen molar-refractivity contribution >= 4 is 11.9 Å². The van der Waals surface area contributed by atoms with Gasteiger partial charge in [0.25, 0.3) is 5.91 Å². The number of urea groups is 1. The fraction of sp³-hybridized carbons (Fsp3) is 0.529. The lowest BCUT2D eigenvalue weighted by molar-refractivity contribution is -0.137. The molecule has 1 spiro atoms. The first-order valence-corrected chi connectivity index (χ1v) is 8.53. The first-order valence-electron chi connectivity index (χ1n) is 8.53. The van der Waals surface area contributed by atoms with Crippen LogP contribution < -0.4 is 5.32 Å². The van der Waals surface area contributed by atoms with Crippen molar-refractivity contribution in [2.45, 2.75) is 45.2 Å². The Kier molecular flexibility index (Phi) is 3.63. The van der Waals surface area contributed by atoms with E-state index >= 15 is 0 Å². The van der Waals surface area contributed by atoms with Gasteiger partial charge >= 0.3 is 6.03 Å². The molecule has 0 bridgehead atoms. The molecule has 3 atom stereocenters. The summed E-state index contributed by atoms with van der Waals surface area (Å²) in [5.41, 5.74) is -0.820. The SMILES string of the molecule is C[C@@H]1CCC[C@H](C)C12NC(=O)N(Cc1nc(-c3ccco3)no1)C2=O. The zero-order valence-electron chi connectivity index (χ0n) is 14.2. The van der Waals surface area contributed by atoms with Crippen molar-refractivity contribution in [3.8, 4) is 11.6 Å². The molecule has 4 rings (SSSR count). The highest BCUT2D eigenvalue weighted by Gasteiger charge is 2.58. The van der Waals surface area contributed by atoms with Gasteiger partial charge in [0.1, 0.15) is 12.1 Å². The number of carbonyl (C=O) groups is 2. The normalized spacial score (nSPS) is 29.4. The smallest absolute Gasteiger partial charge is 0.325 e. The number of carbonyl (C=O) groups excluding carboxylic acids is 2. The lowest BCUT2D eigenvalue weighted by atomic mass is 9.67. The van der Waals surface area contributed by atoms with Gasteiger partial charge in [-0.1, -0.05) is 25.4 Å². The highest BCUT2D eigenvalue weighted by molar-refractivity contribution is 6.07. The van der Waals surface area contributed by atoms with Gasteiger partial charge in [0.2, 0.25) is 11.7 Å². The number of furan rings is 1. The molecule has 1 saturated carbocycles. The minimum Gasteiger partial charge on any atom is -0.461 e. The summed E-state index contributed by atoms with van der Waals surface area (Å²) in [6.07, 6.45) is 4.43. The van der Waals surface area contributed by atoms with Crippen molar-refractivity contribution in [2.24, 2.45) is 11.8 Å². The molecule has 25 heavy (non-hydrogen) atoms. The molecule has 2 aromatic rings. The predicted molar refractivity (Wildman–Crippen MR) is 86.0 cm³/mol. The van der Waals surface area contributed by atoms with Crippen molar-refractivity contribution < 1.29 is 18.5 Å². The van der Waals surface area contributed by atoms with E-state index in [1.165, 1.54) is 11.2 Å². The molecular formula is C17H20N4O4. The molecule has 2 fully saturated rings. The van der Waals surface area contributed by atoms with Crippen LogP contribution in [0.2, 0.25) is 0 Å². The quantitative estimate of drug-likeness (QED) is 0.859. The molecule has 0 radical (unpaired) electrons. The zero-order valence-corrected chi connectivity index (χ0v) is 14.2. The summed E-state index contributed by atoms with van der Waals surface area (Å²) in [6, 6.07) is 3.03. The molecule has 3 heterocycles. The van der Waals surface area contributed by atoms with Gasteiger partial charge in [-0.2, -0.15) is 4.98 Å². The molecule has 8 nitrogen and oxygen atoms in total. The molecular weight excluding hydrogens is 324 g/mol. The molecule has 1 unspecified atom stereocenters. The average Bonchev–Trinajstić information content (AvgIpc) is 3.29. The number of imide groups is 1. The molecule has 1 aliphatic carbocycles. The highest BCUT2D eigenvalue weighted by atomic mass is 16.5. The first kappa shape index (κ1) is 15.9. The fourth-order valence-corrected chi connectivity index (χ4v) is 4.06. The van der Waals surface area contributed by atoms with E-state index in [1.807, 2.05) is 13.8 Å². The predicted octanol–water partition coefficient (Wildman–Crippen LogP) is 2.58. The highest BCUT2D eigenvalue weighted by Crippen LogP contribution is 2.42. The molecule has 1 aliphatic heterocycles. The van der Waals surface area contributed by atoms with Crippen molar-refractivity contribution in [3.05, 3.63) is 24.3 Å². The van der Waals surface area contributed by atoms with Crippen LogP contribution in [0.3, 0.4) is 0 Å². The third-order valence-corrected chi connectivity index (χ3v) is 5.49. The number of aromatic nitrogens is 2. The molecule has 3 amide bonds. The molecule has 1 N–H and O–H groups in total. The largest absolute Gasteiger partial charge is 0.461 e. The Labute approximate surface area is 144 Å². The number of hydrogen-bond acceptors (Lipinski definition) is 6. The lowest BCUT2D eigenvalue weighted by Gasteiger charge is -2.42. The number of nitrogens with zero attached hydrogens (tertiary/aromatic N) is 3. The van der Waals surface area contributed by atoms with Crippen LogP contribution in [-0.2, 0) is 11.3 Å². The van der Waals surface area contributed by atoms with Gasteiger partial charge < -0.3 is 14.3 Å². The van der Waals surface area contributed by atoms with Gasteiger partial charge in [-0.05, 0) is 36.8 Å². The lowest BCUT2D eigenvalue weighted by Crippen LogP contribution is -2.58. The van der Waals surface area contributed by atoms with E-state index in [4.69, 9.17) is 8.94 Å². The van der Waals surface area contributed by atoms with Crippen molar-refractivity contribution in [1.82, 2.24) is 20.4 Å². The third kappa shape index (κ3) is 2.35. The molecule has 132 valence electrons. The van der Waals surface area contributed by atoms with Crippen LogP contribution in [0, 0.1) is 11.8 Å². The second-order valence-electron chi connectivity index (χ2n) is 6.91. The number of hydrogen-bond donors (Lipinski definition) is 1. The number of rotatable bonds is 3. The molecule has 8 heteroatoms. The maximum Gasteiger partial charge on any atom is 0.325 e. The minimum atomic E-state index is -0.820. The fourth-order valence-electron chi connectivity index (χ4n) is 4.06. The van der Waals surface area contributed by atoms with Gasteiger partial charge in [0.05, 0.1) is 6.26 Å². The Balaban J connectivity index is 1.57. The summed E-state index contributed by atoms with van der Waals surface area (Å²) in [4.78, 5) is 31.0. The Morgan fingerprint density at radius 2 is 2.08 bits per heavy atom. The van der Waals surface area contributed by atoms with Crippen LogP contribution in [0.4, 0.5) is 4.79 Å². The number of amides is 3. The second kappa shape index (κ2) is 5.72. The summed E-state index contributed by atoms with van der Waals surface area (Å²) in [7, 11) is 0. The van der Waals surface area contributed by atoms with Crippen molar-refractivity contribution in [2.75, 3.05) is 0 Å². The monoisotopic (exact) mass is 344 g/mol. The van der Waals surface area contributed by atoms with E-state index in [1.54, 1.807) is 12.1 Å². The van der Waals surface area contributed by atoms with Gasteiger partial charge in [-0.15, -0.1) is 0 Å². The first-order chi connectivity index (χ1) is 12.0. The van der Waals surface area contributed by atoms with E-state index in [0.29, 0.717) is 11.6 Å². The summed E-state index contributed by atoms with van der Waals surface area (Å²) >= 11 is 0. The van der Waals surface area contributed by atoms with Crippen LogP contribution in [0.5, 0.6) is 0 Å². The van der Waals surface area contributed by atoms with Crippen LogP contribution in [0.1, 0.15) is 39.0 Å². The maximum absolute atomic E-state index is 13.1. The standard InChI is InChI=1S/C17H20N4O4/c1-10-5-3-6-11(2)17(10)15(22)21(16(23)19-17)9-13-18-14(20-25-13)12-7-4-8-24-12/h4,7-8,10-11H,3,5-6,9H2,1-2H3,(H,19,23)/t10-,11+,17?. The van der Waals surface area contributed by atoms with E-state index in [2.05, 4.69) is 15.5 Å². The second-order valence-corrected chi connectivity index (χ2v) is 6.91. The van der Waals surface area contributed by atoms with Crippen LogP contribution >= 0.6 is 0 Å². The van der Waals surface area contributed by atoms with Crippen LogP contribution in [0.15, 0.2) is 27.3 Å². The van der Waals surface area contributed by atoms with Gasteiger partial charge in [-0.25, -0.2) is 4.79 Å². The van der Waals surface area contributed by atoms with E-state index in [9.17, 15) is 9.59 Å². The number of nitrogens with one attached hydrogen (secondary N) is 1. The summed E-state index contributed by atoms with van der Waals surface area (Å²) in [6.45, 7) is 4.01. The van der Waals surface area contributed by atoms with Crippen LogP contribution in [-0.4, -0.2) is 32.5 Å². The van der Waals surface area contributed by atoms with Crippen molar-refractivity contribution in [1.29, 1.82) is 0 Å². The summed E-state index contributed by atoms with van der Waals surface area (Å²) in [5, 5.41) is 6.79. The Morgan fingerprint density at radius 3 is 2.76 bits per heavy atom. The molecule has 1 saturated heterocycles. The third-order valence-electron chi connectivity index (χ3n) is 5.49. The topological polar surface area (TPSA) is 101 Å². The molecule has 0 aromatic carbocycles. The summed E-state index contributed by atoms with van der Waals surface area (Å²) < 4.78 is 10.4. The minimum absolute atomic E-state index is 0.0421. The summed E-state index contributed by atoms with van der Waals surface area (Å²) in [5.74, 6) is 0.954. The van der Waals surface area contributed by atoms with Gasteiger partial charge in [-0.3, -0.25) is 9.69 Å². The molecule has 2 aliphatic rings. The van der Waals surface area contributed by atoms with Gasteiger partial charge in [0, 0.05) is 0 Å². The molecule has 2 aromatic heterocycles.